The molecule has 0 aromatic heterocycles. The van der Waals surface area contributed by atoms with Gasteiger partial charge in [-0.2, -0.15) is 0 Å². The monoisotopic (exact) mass is 424 g/mol. The lowest BCUT2D eigenvalue weighted by Gasteiger charge is -2.27. The number of aliphatic hydroxyl groups is 1. The average molecular weight is 424 g/mol. The Kier molecular flexibility index (Phi) is 6.65. The Morgan fingerprint density at radius 2 is 1.74 bits per heavy atom. The third-order valence-corrected chi connectivity index (χ3v) is 5.47. The third-order valence-electron chi connectivity index (χ3n) is 5.47. The summed E-state index contributed by atoms with van der Waals surface area (Å²) in [4.78, 5) is 29.5. The van der Waals surface area contributed by atoms with E-state index in [4.69, 9.17) is 9.47 Å². The molecular weight excluding hydrogens is 396 g/mol. The predicted octanol–water partition coefficient (Wildman–Crippen LogP) is 3.00. The third kappa shape index (κ3) is 4.27. The Morgan fingerprint density at radius 3 is 2.35 bits per heavy atom. The van der Waals surface area contributed by atoms with Gasteiger partial charge in [0.25, 0.3) is 11.7 Å². The van der Waals surface area contributed by atoms with Crippen LogP contribution >= 0.6 is 0 Å². The van der Waals surface area contributed by atoms with Crippen LogP contribution in [0.15, 0.2) is 48.0 Å². The van der Waals surface area contributed by atoms with E-state index in [0.717, 1.165) is 11.1 Å². The van der Waals surface area contributed by atoms with Crippen LogP contribution in [0.4, 0.5) is 0 Å². The van der Waals surface area contributed by atoms with Crippen molar-refractivity contribution in [3.8, 4) is 11.5 Å². The van der Waals surface area contributed by atoms with Crippen molar-refractivity contribution in [2.75, 3.05) is 41.4 Å². The van der Waals surface area contributed by atoms with Gasteiger partial charge in [0.05, 0.1) is 25.8 Å². The molecule has 7 heteroatoms. The highest BCUT2D eigenvalue weighted by Gasteiger charge is 2.46. The van der Waals surface area contributed by atoms with Gasteiger partial charge in [0.2, 0.25) is 0 Å². The minimum atomic E-state index is -0.695. The van der Waals surface area contributed by atoms with Gasteiger partial charge in [0, 0.05) is 18.7 Å². The van der Waals surface area contributed by atoms with E-state index in [1.807, 2.05) is 50.2 Å². The number of ether oxygens (including phenoxy) is 2. The van der Waals surface area contributed by atoms with Crippen LogP contribution in [0.25, 0.3) is 5.76 Å². The molecule has 164 valence electrons. The SMILES string of the molecule is COc1ccc(/C(O)=C2\C(=O)C(=O)N(CCN(C)C)C2c2ccccc2C)cc1OC. The minimum absolute atomic E-state index is 0.0743. The van der Waals surface area contributed by atoms with E-state index in [1.54, 1.807) is 18.2 Å². The molecular formula is C24H28N2O5. The maximum atomic E-state index is 13.1. The van der Waals surface area contributed by atoms with Crippen molar-refractivity contribution in [3.63, 3.8) is 0 Å². The van der Waals surface area contributed by atoms with Crippen molar-refractivity contribution in [1.82, 2.24) is 9.80 Å². The Morgan fingerprint density at radius 1 is 1.06 bits per heavy atom. The molecule has 1 amide bonds. The van der Waals surface area contributed by atoms with Crippen molar-refractivity contribution in [1.29, 1.82) is 0 Å². The van der Waals surface area contributed by atoms with Crippen LogP contribution in [-0.4, -0.2) is 68.0 Å². The average Bonchev–Trinajstić information content (AvgIpc) is 3.01. The lowest BCUT2D eigenvalue weighted by molar-refractivity contribution is -0.140. The molecule has 1 aliphatic rings. The number of benzene rings is 2. The molecule has 7 nitrogen and oxygen atoms in total. The number of aliphatic hydroxyl groups excluding tert-OH is 1. The first-order valence-corrected chi connectivity index (χ1v) is 10.0. The van der Waals surface area contributed by atoms with Crippen molar-refractivity contribution in [2.45, 2.75) is 13.0 Å². The second-order valence-electron chi connectivity index (χ2n) is 7.72. The van der Waals surface area contributed by atoms with E-state index < -0.39 is 17.7 Å². The molecule has 0 saturated carbocycles. The maximum absolute atomic E-state index is 13.1. The Labute approximate surface area is 182 Å². The van der Waals surface area contributed by atoms with Gasteiger partial charge in [-0.15, -0.1) is 0 Å². The Hall–Kier alpha value is -3.32. The van der Waals surface area contributed by atoms with Gasteiger partial charge in [0.15, 0.2) is 11.5 Å². The number of Topliss-reactive ketones (excluding diaryl/α,β-unsaturated/α-hetero) is 1. The van der Waals surface area contributed by atoms with Crippen LogP contribution in [0, 0.1) is 6.92 Å². The Balaban J connectivity index is 2.18. The number of carbonyl (C=O) groups is 2. The number of nitrogens with zero attached hydrogens (tertiary/aromatic N) is 2. The van der Waals surface area contributed by atoms with Crippen LogP contribution in [0.3, 0.4) is 0 Å². The van der Waals surface area contributed by atoms with Crippen LogP contribution < -0.4 is 9.47 Å². The van der Waals surface area contributed by atoms with Gasteiger partial charge in [-0.25, -0.2) is 0 Å². The van der Waals surface area contributed by atoms with Crippen molar-refractivity contribution in [2.24, 2.45) is 0 Å². The van der Waals surface area contributed by atoms with Gasteiger partial charge in [-0.05, 0) is 50.3 Å². The summed E-state index contributed by atoms with van der Waals surface area (Å²) in [5.74, 6) is -0.627. The summed E-state index contributed by atoms with van der Waals surface area (Å²) >= 11 is 0. The van der Waals surface area contributed by atoms with Crippen LogP contribution in [0.1, 0.15) is 22.7 Å². The molecule has 3 rings (SSSR count). The largest absolute Gasteiger partial charge is 0.507 e. The molecule has 1 fully saturated rings. The molecule has 0 radical (unpaired) electrons. The molecule has 1 aliphatic heterocycles. The molecule has 1 atom stereocenters. The highest BCUT2D eigenvalue weighted by Crippen LogP contribution is 2.41. The molecule has 1 unspecified atom stereocenters. The summed E-state index contributed by atoms with van der Waals surface area (Å²) in [6, 6.07) is 11.8. The summed E-state index contributed by atoms with van der Waals surface area (Å²) in [6.45, 7) is 2.88. The number of rotatable bonds is 7. The molecule has 0 spiro atoms. The summed E-state index contributed by atoms with van der Waals surface area (Å²) in [5.41, 5.74) is 2.19. The van der Waals surface area contributed by atoms with E-state index in [0.29, 0.717) is 30.2 Å². The molecule has 1 N–H and O–H groups in total. The zero-order valence-corrected chi connectivity index (χ0v) is 18.5. The zero-order valence-electron chi connectivity index (χ0n) is 18.5. The van der Waals surface area contributed by atoms with E-state index >= 15 is 0 Å². The van der Waals surface area contributed by atoms with Gasteiger partial charge in [-0.1, -0.05) is 24.3 Å². The molecule has 1 heterocycles. The van der Waals surface area contributed by atoms with Gasteiger partial charge in [-0.3, -0.25) is 9.59 Å². The van der Waals surface area contributed by atoms with E-state index in [9.17, 15) is 14.7 Å². The second-order valence-corrected chi connectivity index (χ2v) is 7.72. The van der Waals surface area contributed by atoms with Gasteiger partial charge >= 0.3 is 0 Å². The zero-order chi connectivity index (χ0) is 22.7. The number of likely N-dealkylation sites (N-methyl/N-ethyl adjacent to an activating group) is 1. The van der Waals surface area contributed by atoms with E-state index in [2.05, 4.69) is 0 Å². The number of methoxy groups -OCH3 is 2. The highest BCUT2D eigenvalue weighted by atomic mass is 16.5. The molecule has 31 heavy (non-hydrogen) atoms. The maximum Gasteiger partial charge on any atom is 0.295 e. The summed E-state index contributed by atoms with van der Waals surface area (Å²) < 4.78 is 10.6. The fourth-order valence-corrected chi connectivity index (χ4v) is 3.77. The quantitative estimate of drug-likeness (QED) is 0.418. The smallest absolute Gasteiger partial charge is 0.295 e. The fourth-order valence-electron chi connectivity index (χ4n) is 3.77. The number of hydrogen-bond donors (Lipinski definition) is 1. The van der Waals surface area contributed by atoms with Crippen LogP contribution in [0.2, 0.25) is 0 Å². The first-order chi connectivity index (χ1) is 14.8. The lowest BCUT2D eigenvalue weighted by atomic mass is 9.92. The van der Waals surface area contributed by atoms with E-state index in [1.165, 1.54) is 19.1 Å². The normalized spacial score (nSPS) is 18.0. The molecule has 0 bridgehead atoms. The van der Waals surface area contributed by atoms with Crippen molar-refractivity contribution >= 4 is 17.4 Å². The first-order valence-electron chi connectivity index (χ1n) is 10.0. The number of amides is 1. The number of aryl methyl sites for hydroxylation is 1. The predicted molar refractivity (Wildman–Crippen MR) is 118 cm³/mol. The van der Waals surface area contributed by atoms with Crippen molar-refractivity contribution in [3.05, 3.63) is 64.7 Å². The van der Waals surface area contributed by atoms with E-state index in [-0.39, 0.29) is 11.3 Å². The topological polar surface area (TPSA) is 79.3 Å². The number of hydrogen-bond acceptors (Lipinski definition) is 6. The molecule has 0 aliphatic carbocycles. The minimum Gasteiger partial charge on any atom is -0.507 e. The van der Waals surface area contributed by atoms with Gasteiger partial charge in [0.1, 0.15) is 5.76 Å². The molecule has 2 aromatic rings. The number of ketones is 1. The van der Waals surface area contributed by atoms with Gasteiger partial charge < -0.3 is 24.4 Å². The standard InChI is InChI=1S/C24H28N2O5/c1-15-8-6-7-9-17(15)21-20(23(28)24(29)26(21)13-12-25(2)3)22(27)16-10-11-18(30-4)19(14-16)31-5/h6-11,14,21,27H,12-13H2,1-5H3/b22-20+. The number of carbonyl (C=O) groups excluding carboxylic acids is 2. The highest BCUT2D eigenvalue weighted by molar-refractivity contribution is 6.46. The first kappa shape index (κ1) is 22.4. The van der Waals surface area contributed by atoms with Crippen LogP contribution in [0.5, 0.6) is 11.5 Å². The molecule has 2 aromatic carbocycles. The summed E-state index contributed by atoms with van der Waals surface area (Å²) in [6.07, 6.45) is 0. The Bertz CT molecular complexity index is 1030. The summed E-state index contributed by atoms with van der Waals surface area (Å²) in [7, 11) is 6.83. The lowest BCUT2D eigenvalue weighted by Crippen LogP contribution is -2.35. The molecule has 1 saturated heterocycles. The fraction of sp³-hybridized carbons (Fsp3) is 0.333. The number of likely N-dealkylation sites (tertiary alicyclic amines) is 1. The van der Waals surface area contributed by atoms with Crippen molar-refractivity contribution < 1.29 is 24.2 Å². The second kappa shape index (κ2) is 9.22. The van der Waals surface area contributed by atoms with Crippen LogP contribution in [-0.2, 0) is 9.59 Å². The summed E-state index contributed by atoms with van der Waals surface area (Å²) in [5, 5.41) is 11.2.